The molecule has 0 aliphatic rings. The average molecular weight is 284 g/mol. The van der Waals surface area contributed by atoms with Gasteiger partial charge in [-0.3, -0.25) is 0 Å². The maximum Gasteiger partial charge on any atom is 0.171 e. The van der Waals surface area contributed by atoms with Crippen molar-refractivity contribution in [3.05, 3.63) is 45.6 Å². The van der Waals surface area contributed by atoms with E-state index in [1.165, 1.54) is 0 Å². The van der Waals surface area contributed by atoms with E-state index >= 15 is 0 Å². The molecule has 0 unspecified atom stereocenters. The summed E-state index contributed by atoms with van der Waals surface area (Å²) >= 11 is 5.92. The van der Waals surface area contributed by atoms with Crippen LogP contribution in [0.15, 0.2) is 18.2 Å². The second kappa shape index (κ2) is 5.56. The molecule has 20 heavy (non-hydrogen) atoms. The topological polar surface area (TPSA) is 85.4 Å². The molecule has 2 aromatic rings. The zero-order valence-electron chi connectivity index (χ0n) is 10.9. The molecule has 0 aliphatic heterocycles. The SMILES string of the molecule is Cc1nnc(Nc2cc(Cl)ccc2C#N)c(C#N)c1C. The Morgan fingerprint density at radius 1 is 1.15 bits per heavy atom. The first-order valence-corrected chi connectivity index (χ1v) is 6.15. The summed E-state index contributed by atoms with van der Waals surface area (Å²) in [7, 11) is 0. The third-order valence-electron chi connectivity index (χ3n) is 2.92. The number of aromatic nitrogens is 2. The molecule has 0 saturated carbocycles. The second-order valence-electron chi connectivity index (χ2n) is 4.17. The summed E-state index contributed by atoms with van der Waals surface area (Å²) in [6, 6.07) is 8.99. The summed E-state index contributed by atoms with van der Waals surface area (Å²) in [5.41, 5.74) is 2.76. The highest BCUT2D eigenvalue weighted by atomic mass is 35.5. The number of hydrogen-bond donors (Lipinski definition) is 1. The lowest BCUT2D eigenvalue weighted by Crippen LogP contribution is -2.04. The van der Waals surface area contributed by atoms with Crippen molar-refractivity contribution in [3.8, 4) is 12.1 Å². The van der Waals surface area contributed by atoms with Crippen LogP contribution in [0.5, 0.6) is 0 Å². The Balaban J connectivity index is 2.52. The Kier molecular flexibility index (Phi) is 3.84. The first-order valence-electron chi connectivity index (χ1n) is 5.77. The first kappa shape index (κ1) is 13.8. The number of aryl methyl sites for hydroxylation is 1. The van der Waals surface area contributed by atoms with E-state index in [0.29, 0.717) is 33.3 Å². The van der Waals surface area contributed by atoms with Gasteiger partial charge in [0.2, 0.25) is 0 Å². The van der Waals surface area contributed by atoms with Crippen LogP contribution in [0.4, 0.5) is 11.5 Å². The highest BCUT2D eigenvalue weighted by Crippen LogP contribution is 2.26. The molecule has 0 spiro atoms. The molecule has 0 amide bonds. The number of rotatable bonds is 2. The zero-order valence-corrected chi connectivity index (χ0v) is 11.7. The fourth-order valence-electron chi connectivity index (χ4n) is 1.68. The Morgan fingerprint density at radius 2 is 1.90 bits per heavy atom. The third-order valence-corrected chi connectivity index (χ3v) is 3.16. The number of benzene rings is 1. The van der Waals surface area contributed by atoms with Crippen molar-refractivity contribution in [1.82, 2.24) is 10.2 Å². The van der Waals surface area contributed by atoms with Crippen molar-refractivity contribution in [2.45, 2.75) is 13.8 Å². The molecular formula is C14H10ClN5. The Morgan fingerprint density at radius 3 is 2.55 bits per heavy atom. The van der Waals surface area contributed by atoms with Gasteiger partial charge in [-0.15, -0.1) is 5.10 Å². The maximum absolute atomic E-state index is 9.23. The number of halogens is 1. The largest absolute Gasteiger partial charge is 0.336 e. The molecule has 0 saturated heterocycles. The van der Waals surface area contributed by atoms with E-state index in [0.717, 1.165) is 5.56 Å². The molecule has 0 atom stereocenters. The molecule has 0 fully saturated rings. The zero-order chi connectivity index (χ0) is 14.7. The van der Waals surface area contributed by atoms with Gasteiger partial charge in [0.25, 0.3) is 0 Å². The number of nitriles is 2. The molecule has 98 valence electrons. The molecule has 1 aromatic carbocycles. The van der Waals surface area contributed by atoms with E-state index < -0.39 is 0 Å². The van der Waals surface area contributed by atoms with E-state index in [9.17, 15) is 5.26 Å². The quantitative estimate of drug-likeness (QED) is 0.914. The van der Waals surface area contributed by atoms with Gasteiger partial charge in [-0.05, 0) is 37.6 Å². The van der Waals surface area contributed by atoms with Gasteiger partial charge >= 0.3 is 0 Å². The highest BCUT2D eigenvalue weighted by molar-refractivity contribution is 6.30. The van der Waals surface area contributed by atoms with Gasteiger partial charge in [0.1, 0.15) is 17.7 Å². The van der Waals surface area contributed by atoms with Crippen LogP contribution in [0.1, 0.15) is 22.4 Å². The molecule has 0 aliphatic carbocycles. The fourth-order valence-corrected chi connectivity index (χ4v) is 1.85. The highest BCUT2D eigenvalue weighted by Gasteiger charge is 2.12. The van der Waals surface area contributed by atoms with E-state index in [1.54, 1.807) is 32.0 Å². The normalized spacial score (nSPS) is 9.65. The van der Waals surface area contributed by atoms with Crippen LogP contribution >= 0.6 is 11.6 Å². The van der Waals surface area contributed by atoms with E-state index in [4.69, 9.17) is 16.9 Å². The average Bonchev–Trinajstić information content (AvgIpc) is 2.43. The summed E-state index contributed by atoms with van der Waals surface area (Å²) in [6.45, 7) is 3.59. The number of hydrogen-bond acceptors (Lipinski definition) is 5. The van der Waals surface area contributed by atoms with Gasteiger partial charge in [0.05, 0.1) is 16.9 Å². The van der Waals surface area contributed by atoms with E-state index in [2.05, 4.69) is 27.7 Å². The smallest absolute Gasteiger partial charge is 0.171 e. The summed E-state index contributed by atoms with van der Waals surface area (Å²) in [5.74, 6) is 0.314. The van der Waals surface area contributed by atoms with Crippen molar-refractivity contribution in [2.24, 2.45) is 0 Å². The van der Waals surface area contributed by atoms with Gasteiger partial charge in [-0.1, -0.05) is 11.6 Å². The van der Waals surface area contributed by atoms with Gasteiger partial charge in [0, 0.05) is 5.02 Å². The molecule has 1 aromatic heterocycles. The third kappa shape index (κ3) is 2.54. The van der Waals surface area contributed by atoms with Crippen LogP contribution in [-0.2, 0) is 0 Å². The van der Waals surface area contributed by atoms with Crippen LogP contribution in [-0.4, -0.2) is 10.2 Å². The Hall–Kier alpha value is -2.63. The van der Waals surface area contributed by atoms with Crippen molar-refractivity contribution in [1.29, 1.82) is 10.5 Å². The van der Waals surface area contributed by atoms with Gasteiger partial charge in [-0.2, -0.15) is 15.6 Å². The van der Waals surface area contributed by atoms with Crippen molar-refractivity contribution >= 4 is 23.1 Å². The molecule has 5 nitrogen and oxygen atoms in total. The minimum atomic E-state index is 0.314. The number of nitrogens with zero attached hydrogens (tertiary/aromatic N) is 4. The molecule has 0 bridgehead atoms. The fraction of sp³-hybridized carbons (Fsp3) is 0.143. The summed E-state index contributed by atoms with van der Waals surface area (Å²) in [5, 5.41) is 29.7. The van der Waals surface area contributed by atoms with Crippen molar-refractivity contribution in [3.63, 3.8) is 0 Å². The van der Waals surface area contributed by atoms with Crippen LogP contribution < -0.4 is 5.32 Å². The second-order valence-corrected chi connectivity index (χ2v) is 4.61. The molecule has 2 rings (SSSR count). The van der Waals surface area contributed by atoms with Gasteiger partial charge < -0.3 is 5.32 Å². The van der Waals surface area contributed by atoms with Crippen LogP contribution in [0.25, 0.3) is 0 Å². The summed E-state index contributed by atoms with van der Waals surface area (Å²) in [6.07, 6.45) is 0. The van der Waals surface area contributed by atoms with Gasteiger partial charge in [0.15, 0.2) is 5.82 Å². The molecule has 1 N–H and O–H groups in total. The predicted molar refractivity (Wildman–Crippen MR) is 75.7 cm³/mol. The van der Waals surface area contributed by atoms with Crippen LogP contribution in [0, 0.1) is 36.5 Å². The first-order chi connectivity index (χ1) is 9.56. The van der Waals surface area contributed by atoms with Crippen LogP contribution in [0.3, 0.4) is 0 Å². The van der Waals surface area contributed by atoms with E-state index in [-0.39, 0.29) is 0 Å². The number of anilines is 2. The van der Waals surface area contributed by atoms with Gasteiger partial charge in [-0.25, -0.2) is 0 Å². The minimum absolute atomic E-state index is 0.314. The Bertz CT molecular complexity index is 755. The number of nitrogens with one attached hydrogen (secondary N) is 1. The molecule has 0 radical (unpaired) electrons. The molecule has 6 heteroatoms. The van der Waals surface area contributed by atoms with Crippen molar-refractivity contribution in [2.75, 3.05) is 5.32 Å². The minimum Gasteiger partial charge on any atom is -0.336 e. The molecular weight excluding hydrogens is 274 g/mol. The predicted octanol–water partition coefficient (Wildman–Crippen LogP) is 3.23. The standard InChI is InChI=1S/C14H10ClN5/c1-8-9(2)19-20-14(12(8)7-17)18-13-5-11(15)4-3-10(13)6-16/h3-5H,1-2H3,(H,18,20). The molecule has 1 heterocycles. The van der Waals surface area contributed by atoms with E-state index in [1.807, 2.05) is 0 Å². The Labute approximate surface area is 121 Å². The summed E-state index contributed by atoms with van der Waals surface area (Å²) < 4.78 is 0. The van der Waals surface area contributed by atoms with Crippen molar-refractivity contribution < 1.29 is 0 Å². The monoisotopic (exact) mass is 283 g/mol. The lowest BCUT2D eigenvalue weighted by molar-refractivity contribution is 0.960. The maximum atomic E-state index is 9.23. The van der Waals surface area contributed by atoms with Crippen LogP contribution in [0.2, 0.25) is 5.02 Å². The lowest BCUT2D eigenvalue weighted by atomic mass is 10.1. The lowest BCUT2D eigenvalue weighted by Gasteiger charge is -2.10. The summed E-state index contributed by atoms with van der Waals surface area (Å²) in [4.78, 5) is 0.